The summed E-state index contributed by atoms with van der Waals surface area (Å²) in [5, 5.41) is 10.1. The SMILES string of the molecule is CSc1ccccc1C(=O)NCCc1c(C)n[nH]c1C. The van der Waals surface area contributed by atoms with Crippen molar-refractivity contribution in [3.8, 4) is 0 Å². The Morgan fingerprint density at radius 1 is 1.35 bits per heavy atom. The maximum atomic E-state index is 12.2. The summed E-state index contributed by atoms with van der Waals surface area (Å²) < 4.78 is 0. The Labute approximate surface area is 123 Å². The number of H-pyrrole nitrogens is 1. The van der Waals surface area contributed by atoms with Crippen LogP contribution in [0.2, 0.25) is 0 Å². The second-order valence-electron chi connectivity index (χ2n) is 4.62. The van der Waals surface area contributed by atoms with Crippen LogP contribution in [0.15, 0.2) is 29.2 Å². The first-order valence-corrected chi connectivity index (χ1v) is 7.77. The molecule has 2 aromatic rings. The predicted octanol–water partition coefficient (Wildman–Crippen LogP) is 2.72. The topological polar surface area (TPSA) is 57.8 Å². The summed E-state index contributed by atoms with van der Waals surface area (Å²) in [6.07, 6.45) is 2.77. The average molecular weight is 289 g/mol. The first-order valence-electron chi connectivity index (χ1n) is 6.55. The van der Waals surface area contributed by atoms with Crippen LogP contribution in [0.1, 0.15) is 27.3 Å². The van der Waals surface area contributed by atoms with Gasteiger partial charge in [-0.3, -0.25) is 9.89 Å². The summed E-state index contributed by atoms with van der Waals surface area (Å²) in [5.74, 6) is -0.0197. The standard InChI is InChI=1S/C15H19N3OS/c1-10-12(11(2)18-17-10)8-9-16-15(19)13-6-4-5-7-14(13)20-3/h4-7H,8-9H2,1-3H3,(H,16,19)(H,17,18). The molecule has 2 rings (SSSR count). The number of thioether (sulfide) groups is 1. The summed E-state index contributed by atoms with van der Waals surface area (Å²) in [6.45, 7) is 4.59. The van der Waals surface area contributed by atoms with Crippen LogP contribution in [0.4, 0.5) is 0 Å². The van der Waals surface area contributed by atoms with Crippen LogP contribution in [0, 0.1) is 13.8 Å². The number of hydrogen-bond acceptors (Lipinski definition) is 3. The maximum Gasteiger partial charge on any atom is 0.252 e. The zero-order valence-electron chi connectivity index (χ0n) is 12.0. The molecule has 4 nitrogen and oxygen atoms in total. The molecule has 1 aromatic carbocycles. The van der Waals surface area contributed by atoms with Crippen LogP contribution in [-0.2, 0) is 6.42 Å². The smallest absolute Gasteiger partial charge is 0.252 e. The van der Waals surface area contributed by atoms with Crippen molar-refractivity contribution in [3.63, 3.8) is 0 Å². The van der Waals surface area contributed by atoms with Gasteiger partial charge in [0.2, 0.25) is 0 Å². The normalized spacial score (nSPS) is 10.6. The summed E-state index contributed by atoms with van der Waals surface area (Å²) in [4.78, 5) is 13.2. The molecule has 0 spiro atoms. The zero-order valence-corrected chi connectivity index (χ0v) is 12.8. The van der Waals surface area contributed by atoms with Crippen LogP contribution in [0.25, 0.3) is 0 Å². The minimum Gasteiger partial charge on any atom is -0.352 e. The first-order chi connectivity index (χ1) is 9.63. The minimum atomic E-state index is -0.0197. The van der Waals surface area contributed by atoms with E-state index in [1.54, 1.807) is 11.8 Å². The van der Waals surface area contributed by atoms with Crippen molar-refractivity contribution in [2.24, 2.45) is 0 Å². The highest BCUT2D eigenvalue weighted by Gasteiger charge is 2.11. The van der Waals surface area contributed by atoms with Gasteiger partial charge >= 0.3 is 0 Å². The van der Waals surface area contributed by atoms with E-state index in [-0.39, 0.29) is 5.91 Å². The fourth-order valence-corrected chi connectivity index (χ4v) is 2.77. The summed E-state index contributed by atoms with van der Waals surface area (Å²) in [5.41, 5.74) is 3.99. The van der Waals surface area contributed by atoms with Crippen LogP contribution < -0.4 is 5.32 Å². The second kappa shape index (κ2) is 6.61. The van der Waals surface area contributed by atoms with E-state index in [0.717, 1.165) is 28.3 Å². The monoisotopic (exact) mass is 289 g/mol. The van der Waals surface area contributed by atoms with Crippen LogP contribution in [0.3, 0.4) is 0 Å². The third-order valence-corrected chi connectivity index (χ3v) is 4.09. The van der Waals surface area contributed by atoms with E-state index in [2.05, 4.69) is 15.5 Å². The van der Waals surface area contributed by atoms with Gasteiger partial charge in [0, 0.05) is 17.1 Å². The van der Waals surface area contributed by atoms with Gasteiger partial charge in [-0.15, -0.1) is 11.8 Å². The summed E-state index contributed by atoms with van der Waals surface area (Å²) >= 11 is 1.58. The number of aryl methyl sites for hydroxylation is 2. The molecular weight excluding hydrogens is 270 g/mol. The molecular formula is C15H19N3OS. The van der Waals surface area contributed by atoms with Gasteiger partial charge in [0.15, 0.2) is 0 Å². The van der Waals surface area contributed by atoms with E-state index < -0.39 is 0 Å². The number of rotatable bonds is 5. The number of aromatic nitrogens is 2. The number of nitrogens with one attached hydrogen (secondary N) is 2. The fraction of sp³-hybridized carbons (Fsp3) is 0.333. The van der Waals surface area contributed by atoms with Gasteiger partial charge in [-0.25, -0.2) is 0 Å². The highest BCUT2D eigenvalue weighted by Crippen LogP contribution is 2.19. The Kier molecular flexibility index (Phi) is 4.84. The zero-order chi connectivity index (χ0) is 14.5. The Hall–Kier alpha value is -1.75. The molecule has 2 N–H and O–H groups in total. The number of amides is 1. The van der Waals surface area contributed by atoms with E-state index in [9.17, 15) is 4.79 Å². The fourth-order valence-electron chi connectivity index (χ4n) is 2.17. The Bertz CT molecular complexity index is 587. The number of aromatic amines is 1. The van der Waals surface area contributed by atoms with Crippen molar-refractivity contribution >= 4 is 17.7 Å². The Morgan fingerprint density at radius 2 is 2.10 bits per heavy atom. The van der Waals surface area contributed by atoms with Crippen LogP contribution in [0.5, 0.6) is 0 Å². The van der Waals surface area contributed by atoms with Gasteiger partial charge in [0.1, 0.15) is 0 Å². The lowest BCUT2D eigenvalue weighted by Crippen LogP contribution is -2.26. The Morgan fingerprint density at radius 3 is 2.75 bits per heavy atom. The highest BCUT2D eigenvalue weighted by atomic mass is 32.2. The molecule has 106 valence electrons. The lowest BCUT2D eigenvalue weighted by Gasteiger charge is -2.08. The van der Waals surface area contributed by atoms with Crippen molar-refractivity contribution in [2.75, 3.05) is 12.8 Å². The number of nitrogens with zero attached hydrogens (tertiary/aromatic N) is 1. The largest absolute Gasteiger partial charge is 0.352 e. The molecule has 0 aliphatic heterocycles. The predicted molar refractivity (Wildman–Crippen MR) is 82.3 cm³/mol. The van der Waals surface area contributed by atoms with Crippen molar-refractivity contribution in [1.82, 2.24) is 15.5 Å². The molecule has 0 unspecified atom stereocenters. The van der Waals surface area contributed by atoms with Crippen molar-refractivity contribution in [2.45, 2.75) is 25.2 Å². The lowest BCUT2D eigenvalue weighted by molar-refractivity contribution is 0.0951. The summed E-state index contributed by atoms with van der Waals surface area (Å²) in [7, 11) is 0. The molecule has 20 heavy (non-hydrogen) atoms. The molecule has 0 bridgehead atoms. The van der Waals surface area contributed by atoms with Gasteiger partial charge in [-0.05, 0) is 44.2 Å². The molecule has 0 aliphatic carbocycles. The van der Waals surface area contributed by atoms with Gasteiger partial charge in [0.25, 0.3) is 5.91 Å². The molecule has 0 saturated heterocycles. The van der Waals surface area contributed by atoms with Crippen molar-refractivity contribution in [1.29, 1.82) is 0 Å². The van der Waals surface area contributed by atoms with Crippen LogP contribution >= 0.6 is 11.8 Å². The van der Waals surface area contributed by atoms with E-state index in [1.165, 1.54) is 5.56 Å². The minimum absolute atomic E-state index is 0.0197. The molecule has 5 heteroatoms. The third kappa shape index (κ3) is 3.22. The molecule has 1 aromatic heterocycles. The number of hydrogen-bond donors (Lipinski definition) is 2. The van der Waals surface area contributed by atoms with E-state index in [4.69, 9.17) is 0 Å². The van der Waals surface area contributed by atoms with Gasteiger partial charge in [0.05, 0.1) is 11.3 Å². The van der Waals surface area contributed by atoms with E-state index >= 15 is 0 Å². The lowest BCUT2D eigenvalue weighted by atomic mass is 10.1. The second-order valence-corrected chi connectivity index (χ2v) is 5.47. The molecule has 0 atom stereocenters. The number of carbonyl (C=O) groups is 1. The molecule has 1 heterocycles. The van der Waals surface area contributed by atoms with Crippen molar-refractivity contribution in [3.05, 3.63) is 46.8 Å². The third-order valence-electron chi connectivity index (χ3n) is 3.29. The van der Waals surface area contributed by atoms with Gasteiger partial charge < -0.3 is 5.32 Å². The van der Waals surface area contributed by atoms with Crippen LogP contribution in [-0.4, -0.2) is 28.9 Å². The summed E-state index contributed by atoms with van der Waals surface area (Å²) in [6, 6.07) is 7.65. The van der Waals surface area contributed by atoms with Gasteiger partial charge in [-0.1, -0.05) is 12.1 Å². The van der Waals surface area contributed by atoms with Gasteiger partial charge in [-0.2, -0.15) is 5.10 Å². The number of carbonyl (C=O) groups excluding carboxylic acids is 1. The highest BCUT2D eigenvalue weighted by molar-refractivity contribution is 7.98. The Balaban J connectivity index is 1.96. The van der Waals surface area contributed by atoms with E-state index in [0.29, 0.717) is 6.54 Å². The average Bonchev–Trinajstić information content (AvgIpc) is 2.78. The molecule has 1 amide bonds. The molecule has 0 aliphatic rings. The number of benzene rings is 1. The maximum absolute atomic E-state index is 12.2. The van der Waals surface area contributed by atoms with E-state index in [1.807, 2.05) is 44.4 Å². The molecule has 0 radical (unpaired) electrons. The van der Waals surface area contributed by atoms with Crippen molar-refractivity contribution < 1.29 is 4.79 Å². The molecule has 0 fully saturated rings. The quantitative estimate of drug-likeness (QED) is 0.832. The first kappa shape index (κ1) is 14.7. The molecule has 0 saturated carbocycles.